The van der Waals surface area contributed by atoms with Crippen LogP contribution in [-0.4, -0.2) is 24.0 Å². The van der Waals surface area contributed by atoms with Crippen molar-refractivity contribution in [1.82, 2.24) is 4.90 Å². The van der Waals surface area contributed by atoms with Gasteiger partial charge >= 0.3 is 0 Å². The lowest BCUT2D eigenvalue weighted by Crippen LogP contribution is -2.47. The molecule has 1 saturated heterocycles. The van der Waals surface area contributed by atoms with Gasteiger partial charge in [0.2, 0.25) is 0 Å². The highest BCUT2D eigenvalue weighted by atomic mass is 35.5. The van der Waals surface area contributed by atoms with Crippen molar-refractivity contribution in [3.05, 3.63) is 34.9 Å². The molecule has 1 aliphatic carbocycles. The molecule has 2 N–H and O–H groups in total. The molecule has 3 heteroatoms. The van der Waals surface area contributed by atoms with Crippen LogP contribution in [0.25, 0.3) is 0 Å². The van der Waals surface area contributed by atoms with E-state index < -0.39 is 0 Å². The van der Waals surface area contributed by atoms with Gasteiger partial charge in [0.1, 0.15) is 0 Å². The number of likely N-dealkylation sites (tertiary alicyclic amines) is 1. The molecule has 2 aliphatic rings. The number of rotatable bonds is 4. The van der Waals surface area contributed by atoms with Gasteiger partial charge in [0.25, 0.3) is 0 Å². The summed E-state index contributed by atoms with van der Waals surface area (Å²) in [6.07, 6.45) is 9.55. The van der Waals surface area contributed by atoms with Crippen LogP contribution in [0, 0.1) is 5.92 Å². The first-order valence-electron chi connectivity index (χ1n) is 8.49. The summed E-state index contributed by atoms with van der Waals surface area (Å²) >= 11 is 6.06. The lowest BCUT2D eigenvalue weighted by Gasteiger charge is -2.44. The molecule has 0 spiro atoms. The number of nitrogens with two attached hydrogens (primary N) is 1. The Morgan fingerprint density at radius 2 is 2.00 bits per heavy atom. The van der Waals surface area contributed by atoms with Crippen molar-refractivity contribution in [3.8, 4) is 0 Å². The Balaban J connectivity index is 1.56. The summed E-state index contributed by atoms with van der Waals surface area (Å²) < 4.78 is 0. The van der Waals surface area contributed by atoms with Crippen molar-refractivity contribution < 1.29 is 0 Å². The third-order valence-electron chi connectivity index (χ3n) is 5.36. The standard InChI is InChI=1S/C18H27ClN2/c19-16-8-3-6-15(13-16)17(20)10-12-21-11-4-7-14-5-1-2-9-18(14)21/h3,6,8,13-14,17-18H,1-2,4-5,7,9-12,20H2. The largest absolute Gasteiger partial charge is 0.324 e. The first-order chi connectivity index (χ1) is 10.2. The highest BCUT2D eigenvalue weighted by Gasteiger charge is 2.32. The Labute approximate surface area is 133 Å². The fourth-order valence-corrected chi connectivity index (χ4v) is 4.41. The number of fused-ring (bicyclic) bond motifs is 1. The molecule has 2 fully saturated rings. The van der Waals surface area contributed by atoms with Gasteiger partial charge in [0.15, 0.2) is 0 Å². The van der Waals surface area contributed by atoms with Gasteiger partial charge in [-0.15, -0.1) is 0 Å². The summed E-state index contributed by atoms with van der Waals surface area (Å²) in [6, 6.07) is 8.94. The molecule has 0 amide bonds. The van der Waals surface area contributed by atoms with E-state index in [0.29, 0.717) is 0 Å². The lowest BCUT2D eigenvalue weighted by atomic mass is 9.78. The zero-order valence-corrected chi connectivity index (χ0v) is 13.6. The number of hydrogen-bond acceptors (Lipinski definition) is 2. The Morgan fingerprint density at radius 3 is 2.86 bits per heavy atom. The first kappa shape index (κ1) is 15.3. The molecule has 0 radical (unpaired) electrons. The van der Waals surface area contributed by atoms with E-state index in [4.69, 9.17) is 17.3 Å². The SMILES string of the molecule is NC(CCN1CCCC2CCCCC21)c1cccc(Cl)c1. The van der Waals surface area contributed by atoms with Crippen LogP contribution in [0.2, 0.25) is 5.02 Å². The second-order valence-corrected chi connectivity index (χ2v) is 7.18. The fraction of sp³-hybridized carbons (Fsp3) is 0.667. The summed E-state index contributed by atoms with van der Waals surface area (Å²) in [6.45, 7) is 2.40. The predicted molar refractivity (Wildman–Crippen MR) is 89.6 cm³/mol. The zero-order chi connectivity index (χ0) is 14.7. The van der Waals surface area contributed by atoms with Crippen LogP contribution in [-0.2, 0) is 0 Å². The van der Waals surface area contributed by atoms with Gasteiger partial charge in [-0.2, -0.15) is 0 Å². The van der Waals surface area contributed by atoms with Crippen molar-refractivity contribution in [2.75, 3.05) is 13.1 Å². The van der Waals surface area contributed by atoms with Gasteiger partial charge in [-0.25, -0.2) is 0 Å². The second kappa shape index (κ2) is 7.13. The number of piperidine rings is 1. The highest BCUT2D eigenvalue weighted by Crippen LogP contribution is 2.35. The summed E-state index contributed by atoms with van der Waals surface area (Å²) in [5.74, 6) is 0.954. The van der Waals surface area contributed by atoms with E-state index in [1.807, 2.05) is 18.2 Å². The number of nitrogens with zero attached hydrogens (tertiary/aromatic N) is 1. The van der Waals surface area contributed by atoms with Crippen molar-refractivity contribution in [2.24, 2.45) is 11.7 Å². The van der Waals surface area contributed by atoms with Gasteiger partial charge in [-0.3, -0.25) is 0 Å². The van der Waals surface area contributed by atoms with E-state index in [2.05, 4.69) is 11.0 Å². The Hall–Kier alpha value is -0.570. The Bertz CT molecular complexity index is 460. The zero-order valence-electron chi connectivity index (χ0n) is 12.8. The van der Waals surface area contributed by atoms with Crippen molar-refractivity contribution in [1.29, 1.82) is 0 Å². The van der Waals surface area contributed by atoms with Gasteiger partial charge in [0, 0.05) is 23.7 Å². The summed E-state index contributed by atoms with van der Waals surface area (Å²) in [5, 5.41) is 0.785. The molecule has 1 aromatic rings. The van der Waals surface area contributed by atoms with Gasteiger partial charge in [0.05, 0.1) is 0 Å². The van der Waals surface area contributed by atoms with Crippen LogP contribution in [0.5, 0.6) is 0 Å². The third-order valence-corrected chi connectivity index (χ3v) is 5.60. The minimum absolute atomic E-state index is 0.104. The molecule has 1 aromatic carbocycles. The van der Waals surface area contributed by atoms with Crippen molar-refractivity contribution >= 4 is 11.6 Å². The van der Waals surface area contributed by atoms with E-state index in [9.17, 15) is 0 Å². The van der Waals surface area contributed by atoms with Gasteiger partial charge in [-0.05, 0) is 62.3 Å². The van der Waals surface area contributed by atoms with Crippen LogP contribution >= 0.6 is 11.6 Å². The predicted octanol–water partition coefficient (Wildman–Crippen LogP) is 4.38. The minimum Gasteiger partial charge on any atom is -0.324 e. The monoisotopic (exact) mass is 306 g/mol. The average molecular weight is 307 g/mol. The molecule has 0 aromatic heterocycles. The Morgan fingerprint density at radius 1 is 1.19 bits per heavy atom. The molecular formula is C18H27ClN2. The van der Waals surface area contributed by atoms with Crippen LogP contribution < -0.4 is 5.73 Å². The van der Waals surface area contributed by atoms with Crippen molar-refractivity contribution in [3.63, 3.8) is 0 Å². The molecule has 1 saturated carbocycles. The number of halogens is 1. The molecular weight excluding hydrogens is 280 g/mol. The van der Waals surface area contributed by atoms with E-state index in [1.54, 1.807) is 0 Å². The maximum Gasteiger partial charge on any atom is 0.0409 e. The van der Waals surface area contributed by atoms with E-state index in [1.165, 1.54) is 50.6 Å². The molecule has 1 aliphatic heterocycles. The minimum atomic E-state index is 0.104. The molecule has 0 bridgehead atoms. The second-order valence-electron chi connectivity index (χ2n) is 6.74. The quantitative estimate of drug-likeness (QED) is 0.894. The molecule has 1 heterocycles. The summed E-state index contributed by atoms with van der Waals surface area (Å²) in [4.78, 5) is 2.72. The maximum absolute atomic E-state index is 6.36. The van der Waals surface area contributed by atoms with Gasteiger partial charge < -0.3 is 10.6 Å². The molecule has 3 atom stereocenters. The lowest BCUT2D eigenvalue weighted by molar-refractivity contribution is 0.0586. The van der Waals surface area contributed by atoms with E-state index in [0.717, 1.165) is 29.9 Å². The molecule has 3 rings (SSSR count). The van der Waals surface area contributed by atoms with Crippen LogP contribution in [0.1, 0.15) is 56.6 Å². The fourth-order valence-electron chi connectivity index (χ4n) is 4.21. The highest BCUT2D eigenvalue weighted by molar-refractivity contribution is 6.30. The van der Waals surface area contributed by atoms with E-state index in [-0.39, 0.29) is 6.04 Å². The van der Waals surface area contributed by atoms with Gasteiger partial charge in [-0.1, -0.05) is 36.6 Å². The number of hydrogen-bond donors (Lipinski definition) is 1. The number of benzene rings is 1. The molecule has 116 valence electrons. The molecule has 3 unspecified atom stereocenters. The van der Waals surface area contributed by atoms with E-state index >= 15 is 0 Å². The first-order valence-corrected chi connectivity index (χ1v) is 8.87. The summed E-state index contributed by atoms with van der Waals surface area (Å²) in [5.41, 5.74) is 7.53. The normalized spacial score (nSPS) is 28.1. The molecule has 21 heavy (non-hydrogen) atoms. The molecule has 2 nitrogen and oxygen atoms in total. The van der Waals surface area contributed by atoms with Crippen LogP contribution in [0.15, 0.2) is 24.3 Å². The Kier molecular flexibility index (Phi) is 5.20. The van der Waals surface area contributed by atoms with Crippen LogP contribution in [0.3, 0.4) is 0 Å². The smallest absolute Gasteiger partial charge is 0.0409 e. The topological polar surface area (TPSA) is 29.3 Å². The summed E-state index contributed by atoms with van der Waals surface area (Å²) in [7, 11) is 0. The van der Waals surface area contributed by atoms with Crippen molar-refractivity contribution in [2.45, 2.75) is 57.0 Å². The third kappa shape index (κ3) is 3.80. The van der Waals surface area contributed by atoms with Crippen LogP contribution in [0.4, 0.5) is 0 Å². The average Bonchev–Trinajstić information content (AvgIpc) is 2.52. The maximum atomic E-state index is 6.36.